The Hall–Kier alpha value is -1.11. The van der Waals surface area contributed by atoms with Crippen molar-refractivity contribution in [1.29, 1.82) is 0 Å². The Morgan fingerprint density at radius 1 is 0.815 bits per heavy atom. The third-order valence-corrected chi connectivity index (χ3v) is 4.68. The maximum Gasteiger partial charge on any atom is 0.282 e. The van der Waals surface area contributed by atoms with Crippen LogP contribution in [0.2, 0.25) is 0 Å². The standard InChI is InChI=1S/C21H33F3O3/c1-4-5-6-7-8-9-10-13-21(25-2,26-3)27-14-11-12-17-15-18(22)20(24)19(23)16-17/h15-16H,4-14H2,1-3H3. The van der Waals surface area contributed by atoms with Crippen molar-refractivity contribution in [1.82, 2.24) is 0 Å². The zero-order valence-electron chi connectivity index (χ0n) is 16.8. The number of ether oxygens (including phenoxy) is 3. The van der Waals surface area contributed by atoms with Crippen molar-refractivity contribution in [3.8, 4) is 0 Å². The summed E-state index contributed by atoms with van der Waals surface area (Å²) in [4.78, 5) is 0. The second-order valence-corrected chi connectivity index (χ2v) is 6.79. The molecule has 0 radical (unpaired) electrons. The monoisotopic (exact) mass is 390 g/mol. The van der Waals surface area contributed by atoms with Crippen molar-refractivity contribution in [2.45, 2.75) is 77.1 Å². The van der Waals surface area contributed by atoms with E-state index in [0.717, 1.165) is 25.0 Å². The fraction of sp³-hybridized carbons (Fsp3) is 0.714. The summed E-state index contributed by atoms with van der Waals surface area (Å²) in [6.07, 6.45) is 9.75. The first kappa shape index (κ1) is 23.9. The molecular formula is C21H33F3O3. The minimum absolute atomic E-state index is 0.304. The predicted molar refractivity (Wildman–Crippen MR) is 99.9 cm³/mol. The lowest BCUT2D eigenvalue weighted by atomic mass is 10.1. The second-order valence-electron chi connectivity index (χ2n) is 6.79. The van der Waals surface area contributed by atoms with Gasteiger partial charge in [0.15, 0.2) is 17.5 Å². The van der Waals surface area contributed by atoms with Gasteiger partial charge < -0.3 is 14.2 Å². The van der Waals surface area contributed by atoms with Crippen LogP contribution in [-0.4, -0.2) is 26.8 Å². The lowest BCUT2D eigenvalue weighted by molar-refractivity contribution is -0.365. The highest BCUT2D eigenvalue weighted by Crippen LogP contribution is 2.23. The summed E-state index contributed by atoms with van der Waals surface area (Å²) in [5.74, 6) is -4.88. The summed E-state index contributed by atoms with van der Waals surface area (Å²) in [6.45, 7) is 2.50. The first-order valence-corrected chi connectivity index (χ1v) is 9.85. The average molecular weight is 390 g/mol. The van der Waals surface area contributed by atoms with Gasteiger partial charge in [-0.05, 0) is 37.0 Å². The van der Waals surface area contributed by atoms with Gasteiger partial charge in [0, 0.05) is 20.6 Å². The maximum atomic E-state index is 13.2. The van der Waals surface area contributed by atoms with E-state index >= 15 is 0 Å². The highest BCUT2D eigenvalue weighted by molar-refractivity contribution is 5.19. The molecule has 0 fully saturated rings. The second kappa shape index (κ2) is 13.1. The molecule has 0 aromatic heterocycles. The summed E-state index contributed by atoms with van der Waals surface area (Å²) >= 11 is 0. The number of aryl methyl sites for hydroxylation is 1. The van der Waals surface area contributed by atoms with Gasteiger partial charge in [0.1, 0.15) is 0 Å². The van der Waals surface area contributed by atoms with Crippen molar-refractivity contribution >= 4 is 0 Å². The lowest BCUT2D eigenvalue weighted by Gasteiger charge is -2.30. The summed E-state index contributed by atoms with van der Waals surface area (Å²) in [5, 5.41) is 0. The summed E-state index contributed by atoms with van der Waals surface area (Å²) in [5.41, 5.74) is 0.391. The van der Waals surface area contributed by atoms with Gasteiger partial charge in [0.25, 0.3) is 5.97 Å². The Bertz CT molecular complexity index is 510. The van der Waals surface area contributed by atoms with E-state index in [0.29, 0.717) is 31.4 Å². The highest BCUT2D eigenvalue weighted by Gasteiger charge is 2.30. The van der Waals surface area contributed by atoms with Gasteiger partial charge >= 0.3 is 0 Å². The molecular weight excluding hydrogens is 357 g/mol. The molecule has 0 aliphatic rings. The van der Waals surface area contributed by atoms with Gasteiger partial charge in [0.05, 0.1) is 6.61 Å². The molecule has 0 amide bonds. The minimum Gasteiger partial charge on any atom is -0.331 e. The highest BCUT2D eigenvalue weighted by atomic mass is 19.2. The van der Waals surface area contributed by atoms with E-state index in [9.17, 15) is 13.2 Å². The fourth-order valence-corrected chi connectivity index (χ4v) is 3.03. The number of methoxy groups -OCH3 is 2. The van der Waals surface area contributed by atoms with E-state index in [-0.39, 0.29) is 0 Å². The van der Waals surface area contributed by atoms with Crippen LogP contribution in [0.4, 0.5) is 13.2 Å². The first-order chi connectivity index (χ1) is 13.0. The van der Waals surface area contributed by atoms with Crippen LogP contribution in [0.15, 0.2) is 12.1 Å². The molecule has 0 saturated heterocycles. The average Bonchev–Trinajstić information content (AvgIpc) is 2.67. The van der Waals surface area contributed by atoms with Gasteiger partial charge in [-0.2, -0.15) is 0 Å². The number of hydrogen-bond donors (Lipinski definition) is 0. The largest absolute Gasteiger partial charge is 0.331 e. The number of rotatable bonds is 15. The number of hydrogen-bond acceptors (Lipinski definition) is 3. The molecule has 0 aliphatic carbocycles. The molecule has 6 heteroatoms. The van der Waals surface area contributed by atoms with E-state index in [1.54, 1.807) is 0 Å². The topological polar surface area (TPSA) is 27.7 Å². The van der Waals surface area contributed by atoms with E-state index < -0.39 is 23.4 Å². The van der Waals surface area contributed by atoms with Gasteiger partial charge in [-0.1, -0.05) is 45.4 Å². The van der Waals surface area contributed by atoms with E-state index in [2.05, 4.69) is 6.92 Å². The molecule has 0 spiro atoms. The molecule has 0 unspecified atom stereocenters. The molecule has 156 valence electrons. The molecule has 0 heterocycles. The molecule has 27 heavy (non-hydrogen) atoms. The molecule has 0 aliphatic heterocycles. The Morgan fingerprint density at radius 2 is 1.37 bits per heavy atom. The van der Waals surface area contributed by atoms with Crippen molar-refractivity contribution < 1.29 is 27.4 Å². The number of halogens is 3. The van der Waals surface area contributed by atoms with Crippen molar-refractivity contribution in [2.24, 2.45) is 0 Å². The van der Waals surface area contributed by atoms with E-state index in [1.165, 1.54) is 46.3 Å². The predicted octanol–water partition coefficient (Wildman–Crippen LogP) is 6.14. The molecule has 0 N–H and O–H groups in total. The molecule has 0 saturated carbocycles. The molecule has 3 nitrogen and oxygen atoms in total. The van der Waals surface area contributed by atoms with Crippen molar-refractivity contribution in [3.63, 3.8) is 0 Å². The fourth-order valence-electron chi connectivity index (χ4n) is 3.03. The smallest absolute Gasteiger partial charge is 0.282 e. The SMILES string of the molecule is CCCCCCCCCC(OC)(OC)OCCCc1cc(F)c(F)c(F)c1. The van der Waals surface area contributed by atoms with Crippen molar-refractivity contribution in [2.75, 3.05) is 20.8 Å². The summed E-state index contributed by atoms with van der Waals surface area (Å²) in [6, 6.07) is 2.02. The van der Waals surface area contributed by atoms with Gasteiger partial charge in [-0.15, -0.1) is 0 Å². The third kappa shape index (κ3) is 8.62. The third-order valence-electron chi connectivity index (χ3n) is 4.68. The summed E-state index contributed by atoms with van der Waals surface area (Å²) < 4.78 is 56.1. The zero-order chi connectivity index (χ0) is 20.1. The maximum absolute atomic E-state index is 13.2. The van der Waals surface area contributed by atoms with Crippen LogP contribution in [0, 0.1) is 17.5 Å². The Labute approximate surface area is 161 Å². The summed E-state index contributed by atoms with van der Waals surface area (Å²) in [7, 11) is 3.07. The zero-order valence-corrected chi connectivity index (χ0v) is 16.8. The minimum atomic E-state index is -1.44. The molecule has 1 rings (SSSR count). The van der Waals surface area contributed by atoms with Crippen LogP contribution in [0.25, 0.3) is 0 Å². The van der Waals surface area contributed by atoms with Crippen LogP contribution in [0.5, 0.6) is 0 Å². The van der Waals surface area contributed by atoms with Crippen LogP contribution < -0.4 is 0 Å². The molecule has 0 bridgehead atoms. The van der Waals surface area contributed by atoms with Gasteiger partial charge in [-0.25, -0.2) is 13.2 Å². The number of benzene rings is 1. The number of unbranched alkanes of at least 4 members (excludes halogenated alkanes) is 6. The van der Waals surface area contributed by atoms with Crippen LogP contribution >= 0.6 is 0 Å². The van der Waals surface area contributed by atoms with Crippen LogP contribution in [-0.2, 0) is 20.6 Å². The normalized spacial score (nSPS) is 11.9. The lowest BCUT2D eigenvalue weighted by Crippen LogP contribution is -2.37. The van der Waals surface area contributed by atoms with Gasteiger partial charge in [-0.3, -0.25) is 0 Å². The quantitative estimate of drug-likeness (QED) is 0.204. The van der Waals surface area contributed by atoms with Crippen LogP contribution in [0.1, 0.15) is 70.3 Å². The van der Waals surface area contributed by atoms with Crippen molar-refractivity contribution in [3.05, 3.63) is 35.1 Å². The Kier molecular flexibility index (Phi) is 11.6. The molecule has 1 aromatic rings. The van der Waals surface area contributed by atoms with Gasteiger partial charge in [0.2, 0.25) is 0 Å². The van der Waals surface area contributed by atoms with Crippen LogP contribution in [0.3, 0.4) is 0 Å². The first-order valence-electron chi connectivity index (χ1n) is 9.85. The Morgan fingerprint density at radius 3 is 1.93 bits per heavy atom. The molecule has 1 aromatic carbocycles. The Balaban J connectivity index is 2.34. The van der Waals surface area contributed by atoms with E-state index in [4.69, 9.17) is 14.2 Å². The molecule has 0 atom stereocenters. The van der Waals surface area contributed by atoms with E-state index in [1.807, 2.05) is 0 Å².